The minimum absolute atomic E-state index is 0.165. The van der Waals surface area contributed by atoms with Crippen LogP contribution in [0.1, 0.15) is 12.5 Å². The molecule has 0 unspecified atom stereocenters. The summed E-state index contributed by atoms with van der Waals surface area (Å²) in [5.74, 6) is -5.54. The van der Waals surface area contributed by atoms with Crippen LogP contribution in [0.15, 0.2) is 30.3 Å². The van der Waals surface area contributed by atoms with Crippen LogP contribution in [0, 0.1) is 5.92 Å². The quantitative estimate of drug-likeness (QED) is 0.457. The Morgan fingerprint density at radius 1 is 1.15 bits per heavy atom. The molecule has 20 heavy (non-hydrogen) atoms. The summed E-state index contributed by atoms with van der Waals surface area (Å²) in [6.07, 6.45) is 0. The fraction of sp³-hybridized carbons (Fsp3) is 0.286. The maximum atomic E-state index is 11.9. The van der Waals surface area contributed by atoms with Crippen LogP contribution in [0.3, 0.4) is 0 Å². The summed E-state index contributed by atoms with van der Waals surface area (Å²) >= 11 is 0. The van der Waals surface area contributed by atoms with Crippen molar-refractivity contribution in [1.29, 1.82) is 0 Å². The summed E-state index contributed by atoms with van der Waals surface area (Å²) in [6, 6.07) is 8.98. The molecule has 0 aliphatic rings. The molecule has 1 rings (SSSR count). The average Bonchev–Trinajstić information content (AvgIpc) is 2.45. The third-order valence-electron chi connectivity index (χ3n) is 2.63. The summed E-state index contributed by atoms with van der Waals surface area (Å²) in [5.41, 5.74) is 0.814. The molecule has 0 aliphatic heterocycles. The van der Waals surface area contributed by atoms with Crippen LogP contribution >= 0.6 is 0 Å². The molecule has 106 valence electrons. The highest BCUT2D eigenvalue weighted by atomic mass is 16.5. The normalized spacial score (nSPS) is 11.3. The zero-order valence-corrected chi connectivity index (χ0v) is 11.2. The minimum atomic E-state index is -1.66. The van der Waals surface area contributed by atoms with E-state index in [1.807, 2.05) is 6.07 Å². The predicted octanol–water partition coefficient (Wildman–Crippen LogP) is 0.250. The van der Waals surface area contributed by atoms with Gasteiger partial charge >= 0.3 is 5.97 Å². The molecule has 0 fully saturated rings. The summed E-state index contributed by atoms with van der Waals surface area (Å²) in [4.78, 5) is 46.0. The number of ether oxygens (including phenoxy) is 1. The van der Waals surface area contributed by atoms with Crippen LogP contribution in [0.2, 0.25) is 0 Å². The third kappa shape index (κ3) is 4.01. The van der Waals surface area contributed by atoms with Gasteiger partial charge in [0, 0.05) is 6.54 Å². The van der Waals surface area contributed by atoms with E-state index in [9.17, 15) is 19.2 Å². The lowest BCUT2D eigenvalue weighted by Crippen LogP contribution is -2.42. The lowest BCUT2D eigenvalue weighted by molar-refractivity contribution is -0.157. The maximum Gasteiger partial charge on any atom is 0.375 e. The number of carbonyl (C=O) groups is 4. The van der Waals surface area contributed by atoms with Crippen molar-refractivity contribution in [2.45, 2.75) is 13.5 Å². The molecule has 0 saturated carbocycles. The molecule has 1 aromatic rings. The van der Waals surface area contributed by atoms with Crippen LogP contribution in [-0.2, 0) is 30.5 Å². The zero-order valence-electron chi connectivity index (χ0n) is 11.2. The SMILES string of the molecule is COC(=O)C(=O)[C@@H](C(C)=O)C(=O)NCc1ccccc1. The molecule has 0 radical (unpaired) electrons. The van der Waals surface area contributed by atoms with E-state index in [2.05, 4.69) is 10.1 Å². The monoisotopic (exact) mass is 277 g/mol. The van der Waals surface area contributed by atoms with Crippen molar-refractivity contribution < 1.29 is 23.9 Å². The highest BCUT2D eigenvalue weighted by Crippen LogP contribution is 2.04. The van der Waals surface area contributed by atoms with E-state index >= 15 is 0 Å². The van der Waals surface area contributed by atoms with Crippen molar-refractivity contribution in [3.8, 4) is 0 Å². The molecule has 0 aromatic heterocycles. The molecule has 6 heteroatoms. The van der Waals surface area contributed by atoms with Gasteiger partial charge in [-0.2, -0.15) is 0 Å². The fourth-order valence-corrected chi connectivity index (χ4v) is 1.59. The van der Waals surface area contributed by atoms with Gasteiger partial charge in [0.25, 0.3) is 5.78 Å². The number of methoxy groups -OCH3 is 1. The van der Waals surface area contributed by atoms with Gasteiger partial charge in [0.2, 0.25) is 5.91 Å². The number of ketones is 2. The van der Waals surface area contributed by atoms with Gasteiger partial charge in [0.15, 0.2) is 5.92 Å². The first-order chi connectivity index (χ1) is 9.47. The molecule has 1 N–H and O–H groups in total. The van der Waals surface area contributed by atoms with Crippen molar-refractivity contribution in [1.82, 2.24) is 5.32 Å². The van der Waals surface area contributed by atoms with Crippen LogP contribution in [-0.4, -0.2) is 30.6 Å². The van der Waals surface area contributed by atoms with Crippen LogP contribution < -0.4 is 5.32 Å². The number of hydrogen-bond acceptors (Lipinski definition) is 5. The second-order valence-corrected chi connectivity index (χ2v) is 4.10. The average molecular weight is 277 g/mol. The van der Waals surface area contributed by atoms with Crippen LogP contribution in [0.25, 0.3) is 0 Å². The Morgan fingerprint density at radius 2 is 1.75 bits per heavy atom. The Labute approximate surface area is 116 Å². The van der Waals surface area contributed by atoms with E-state index in [1.165, 1.54) is 0 Å². The standard InChI is InChI=1S/C14H15NO5/c1-9(16)11(12(17)14(19)20-2)13(18)15-8-10-6-4-3-5-7-10/h3-7,11H,8H2,1-2H3,(H,15,18)/t11-/m1/s1. The molecule has 1 atom stereocenters. The number of benzene rings is 1. The van der Waals surface area contributed by atoms with Gasteiger partial charge in [-0.1, -0.05) is 30.3 Å². The first-order valence-electron chi connectivity index (χ1n) is 5.91. The van der Waals surface area contributed by atoms with Gasteiger partial charge in [-0.05, 0) is 12.5 Å². The Bertz CT molecular complexity index is 524. The third-order valence-corrected chi connectivity index (χ3v) is 2.63. The van der Waals surface area contributed by atoms with Crippen LogP contribution in [0.5, 0.6) is 0 Å². The van der Waals surface area contributed by atoms with E-state index in [0.717, 1.165) is 19.6 Å². The molecule has 0 spiro atoms. The Hall–Kier alpha value is -2.50. The number of amides is 1. The summed E-state index contributed by atoms with van der Waals surface area (Å²) in [7, 11) is 1.01. The lowest BCUT2D eigenvalue weighted by atomic mass is 9.98. The Morgan fingerprint density at radius 3 is 2.25 bits per heavy atom. The summed E-state index contributed by atoms with van der Waals surface area (Å²) in [6.45, 7) is 1.24. The van der Waals surface area contributed by atoms with E-state index in [1.54, 1.807) is 24.3 Å². The molecular weight excluding hydrogens is 262 g/mol. The van der Waals surface area contributed by atoms with E-state index in [4.69, 9.17) is 0 Å². The molecule has 0 saturated heterocycles. The van der Waals surface area contributed by atoms with Gasteiger partial charge in [-0.25, -0.2) is 4.79 Å². The number of nitrogens with one attached hydrogen (secondary N) is 1. The lowest BCUT2D eigenvalue weighted by Gasteiger charge is -2.11. The first kappa shape index (κ1) is 15.6. The molecular formula is C14H15NO5. The van der Waals surface area contributed by atoms with Crippen LogP contribution in [0.4, 0.5) is 0 Å². The maximum absolute atomic E-state index is 11.9. The molecule has 6 nitrogen and oxygen atoms in total. The van der Waals surface area contributed by atoms with Gasteiger partial charge in [-0.3, -0.25) is 14.4 Å². The van der Waals surface area contributed by atoms with Crippen molar-refractivity contribution in [3.05, 3.63) is 35.9 Å². The van der Waals surface area contributed by atoms with Gasteiger partial charge < -0.3 is 10.1 Å². The number of esters is 1. The van der Waals surface area contributed by atoms with E-state index in [0.29, 0.717) is 0 Å². The van der Waals surface area contributed by atoms with E-state index < -0.39 is 29.4 Å². The smallest absolute Gasteiger partial charge is 0.375 e. The number of rotatable bonds is 6. The largest absolute Gasteiger partial charge is 0.463 e. The topological polar surface area (TPSA) is 89.5 Å². The number of carbonyl (C=O) groups excluding carboxylic acids is 4. The van der Waals surface area contributed by atoms with Gasteiger partial charge in [0.05, 0.1) is 7.11 Å². The molecule has 1 aromatic carbocycles. The highest BCUT2D eigenvalue weighted by Gasteiger charge is 2.36. The number of Topliss-reactive ketones (excluding diaryl/α,β-unsaturated/α-hetero) is 2. The van der Waals surface area contributed by atoms with Gasteiger partial charge in [0.1, 0.15) is 5.78 Å². The first-order valence-corrected chi connectivity index (χ1v) is 5.91. The Kier molecular flexibility index (Phi) is 5.58. The zero-order chi connectivity index (χ0) is 15.1. The number of hydrogen-bond donors (Lipinski definition) is 1. The minimum Gasteiger partial charge on any atom is -0.463 e. The second-order valence-electron chi connectivity index (χ2n) is 4.10. The van der Waals surface area contributed by atoms with E-state index in [-0.39, 0.29) is 6.54 Å². The molecule has 0 heterocycles. The van der Waals surface area contributed by atoms with Crippen molar-refractivity contribution in [2.75, 3.05) is 7.11 Å². The predicted molar refractivity (Wildman–Crippen MR) is 69.5 cm³/mol. The van der Waals surface area contributed by atoms with Gasteiger partial charge in [-0.15, -0.1) is 0 Å². The second kappa shape index (κ2) is 7.18. The fourth-order valence-electron chi connectivity index (χ4n) is 1.59. The molecule has 1 amide bonds. The summed E-state index contributed by atoms with van der Waals surface area (Å²) < 4.78 is 4.24. The highest BCUT2D eigenvalue weighted by molar-refractivity contribution is 6.43. The van der Waals surface area contributed by atoms with Crippen molar-refractivity contribution in [3.63, 3.8) is 0 Å². The molecule has 0 bridgehead atoms. The van der Waals surface area contributed by atoms with Crippen molar-refractivity contribution >= 4 is 23.4 Å². The molecule has 0 aliphatic carbocycles. The Balaban J connectivity index is 2.73. The summed E-state index contributed by atoms with van der Waals surface area (Å²) in [5, 5.41) is 2.45. The van der Waals surface area contributed by atoms with Crippen molar-refractivity contribution in [2.24, 2.45) is 5.92 Å².